The zero-order valence-electron chi connectivity index (χ0n) is 6.06. The van der Waals surface area contributed by atoms with Crippen LogP contribution in [0.5, 0.6) is 0 Å². The van der Waals surface area contributed by atoms with Crippen molar-refractivity contribution in [2.45, 2.75) is 5.03 Å². The largest absolute Gasteiger partial charge is 0.249 e. The van der Waals surface area contributed by atoms with Crippen LogP contribution in [0.25, 0.3) is 0 Å². The molecule has 0 aromatic carbocycles. The van der Waals surface area contributed by atoms with Crippen LogP contribution in [0.15, 0.2) is 42.1 Å². The molecule has 0 saturated heterocycles. The standard InChI is InChI=1S/C8H9NS2/c1-2-7-10-11-8-5-3-4-6-9-8/h2-6H,1,7H2. The predicted octanol–water partition coefficient (Wildman–Crippen LogP) is 3.01. The minimum atomic E-state index is 0.960. The first-order valence-corrected chi connectivity index (χ1v) is 5.57. The van der Waals surface area contributed by atoms with Crippen LogP contribution >= 0.6 is 21.6 Å². The van der Waals surface area contributed by atoms with Gasteiger partial charge in [-0.25, -0.2) is 4.98 Å². The lowest BCUT2D eigenvalue weighted by atomic mass is 10.5. The molecule has 58 valence electrons. The van der Waals surface area contributed by atoms with Crippen molar-refractivity contribution in [2.75, 3.05) is 5.75 Å². The monoisotopic (exact) mass is 183 g/mol. The average molecular weight is 183 g/mol. The van der Waals surface area contributed by atoms with Crippen LogP contribution in [0.4, 0.5) is 0 Å². The van der Waals surface area contributed by atoms with E-state index in [4.69, 9.17) is 0 Å². The Morgan fingerprint density at radius 2 is 2.45 bits per heavy atom. The molecule has 0 amide bonds. The van der Waals surface area contributed by atoms with Gasteiger partial charge in [0.15, 0.2) is 0 Å². The number of nitrogens with zero attached hydrogens (tertiary/aromatic N) is 1. The first-order chi connectivity index (χ1) is 5.43. The zero-order chi connectivity index (χ0) is 7.94. The summed E-state index contributed by atoms with van der Waals surface area (Å²) in [6.07, 6.45) is 3.69. The van der Waals surface area contributed by atoms with Gasteiger partial charge in [0, 0.05) is 11.9 Å². The fourth-order valence-electron chi connectivity index (χ4n) is 0.539. The van der Waals surface area contributed by atoms with Gasteiger partial charge in [-0.3, -0.25) is 0 Å². The van der Waals surface area contributed by atoms with E-state index in [0.29, 0.717) is 0 Å². The molecule has 1 nitrogen and oxygen atoms in total. The molecule has 1 aromatic heterocycles. The molecular formula is C8H9NS2. The Bertz CT molecular complexity index is 211. The second kappa shape index (κ2) is 5.27. The van der Waals surface area contributed by atoms with E-state index in [9.17, 15) is 0 Å². The quantitative estimate of drug-likeness (QED) is 0.404. The van der Waals surface area contributed by atoms with Gasteiger partial charge in [-0.2, -0.15) is 0 Å². The fraction of sp³-hybridized carbons (Fsp3) is 0.125. The molecule has 3 heteroatoms. The molecule has 0 aliphatic rings. The molecule has 0 saturated carbocycles. The van der Waals surface area contributed by atoms with E-state index in [1.807, 2.05) is 24.3 Å². The first-order valence-electron chi connectivity index (χ1n) is 3.25. The number of aromatic nitrogens is 1. The van der Waals surface area contributed by atoms with Crippen LogP contribution < -0.4 is 0 Å². The van der Waals surface area contributed by atoms with Crippen molar-refractivity contribution in [3.8, 4) is 0 Å². The molecule has 0 atom stereocenters. The summed E-state index contributed by atoms with van der Waals surface area (Å²) in [5, 5.41) is 1.05. The van der Waals surface area contributed by atoms with Crippen LogP contribution in [0.1, 0.15) is 0 Å². The fourth-order valence-corrected chi connectivity index (χ4v) is 2.21. The zero-order valence-corrected chi connectivity index (χ0v) is 7.70. The number of hydrogen-bond donors (Lipinski definition) is 0. The molecule has 0 spiro atoms. The molecule has 0 bridgehead atoms. The highest BCUT2D eigenvalue weighted by molar-refractivity contribution is 8.76. The highest BCUT2D eigenvalue weighted by Crippen LogP contribution is 2.28. The van der Waals surface area contributed by atoms with E-state index in [-0.39, 0.29) is 0 Å². The van der Waals surface area contributed by atoms with E-state index >= 15 is 0 Å². The SMILES string of the molecule is C=CCSSc1ccccn1. The molecule has 1 aromatic rings. The van der Waals surface area contributed by atoms with Gasteiger partial charge in [-0.1, -0.05) is 22.9 Å². The Morgan fingerprint density at radius 1 is 1.55 bits per heavy atom. The molecule has 1 heterocycles. The topological polar surface area (TPSA) is 12.9 Å². The lowest BCUT2D eigenvalue weighted by Crippen LogP contribution is -1.73. The normalized spacial score (nSPS) is 9.45. The third-order valence-electron chi connectivity index (χ3n) is 0.968. The maximum absolute atomic E-state index is 4.16. The Labute approximate surface area is 74.7 Å². The van der Waals surface area contributed by atoms with Crippen molar-refractivity contribution in [1.29, 1.82) is 0 Å². The third kappa shape index (κ3) is 3.49. The van der Waals surface area contributed by atoms with E-state index in [1.54, 1.807) is 27.8 Å². The lowest BCUT2D eigenvalue weighted by Gasteiger charge is -1.94. The van der Waals surface area contributed by atoms with Gasteiger partial charge in [0.2, 0.25) is 0 Å². The molecule has 0 fully saturated rings. The van der Waals surface area contributed by atoms with Crippen molar-refractivity contribution in [1.82, 2.24) is 4.98 Å². The Kier molecular flexibility index (Phi) is 4.16. The van der Waals surface area contributed by atoms with Crippen molar-refractivity contribution < 1.29 is 0 Å². The predicted molar refractivity (Wildman–Crippen MR) is 52.7 cm³/mol. The van der Waals surface area contributed by atoms with Crippen LogP contribution in [-0.4, -0.2) is 10.7 Å². The molecule has 0 N–H and O–H groups in total. The van der Waals surface area contributed by atoms with Crippen LogP contribution in [0, 0.1) is 0 Å². The van der Waals surface area contributed by atoms with Gasteiger partial charge in [0.1, 0.15) is 5.03 Å². The highest BCUT2D eigenvalue weighted by atomic mass is 33.1. The molecular weight excluding hydrogens is 174 g/mol. The molecule has 11 heavy (non-hydrogen) atoms. The van der Waals surface area contributed by atoms with E-state index in [0.717, 1.165) is 10.8 Å². The molecule has 0 radical (unpaired) electrons. The maximum atomic E-state index is 4.16. The number of hydrogen-bond acceptors (Lipinski definition) is 3. The summed E-state index contributed by atoms with van der Waals surface area (Å²) in [7, 11) is 3.42. The van der Waals surface area contributed by atoms with Crippen molar-refractivity contribution >= 4 is 21.6 Å². The van der Waals surface area contributed by atoms with Gasteiger partial charge in [0.25, 0.3) is 0 Å². The Balaban J connectivity index is 2.33. The second-order valence-electron chi connectivity index (χ2n) is 1.82. The highest BCUT2D eigenvalue weighted by Gasteiger charge is 1.91. The van der Waals surface area contributed by atoms with E-state index < -0.39 is 0 Å². The van der Waals surface area contributed by atoms with E-state index in [1.165, 1.54) is 0 Å². The summed E-state index contributed by atoms with van der Waals surface area (Å²) < 4.78 is 0. The average Bonchev–Trinajstić information content (AvgIpc) is 2.07. The number of rotatable bonds is 4. The van der Waals surface area contributed by atoms with Crippen molar-refractivity contribution in [2.24, 2.45) is 0 Å². The summed E-state index contributed by atoms with van der Waals surface area (Å²) in [5.74, 6) is 0.960. The van der Waals surface area contributed by atoms with Crippen molar-refractivity contribution in [3.63, 3.8) is 0 Å². The van der Waals surface area contributed by atoms with Crippen LogP contribution in [0.3, 0.4) is 0 Å². The van der Waals surface area contributed by atoms with Crippen LogP contribution in [-0.2, 0) is 0 Å². The molecule has 0 unspecified atom stereocenters. The number of pyridine rings is 1. The Hall–Kier alpha value is -0.410. The molecule has 1 rings (SSSR count). The Morgan fingerprint density at radius 3 is 3.09 bits per heavy atom. The van der Waals surface area contributed by atoms with Gasteiger partial charge in [-0.15, -0.1) is 6.58 Å². The summed E-state index contributed by atoms with van der Waals surface area (Å²) in [6, 6.07) is 5.91. The summed E-state index contributed by atoms with van der Waals surface area (Å²) >= 11 is 0. The minimum absolute atomic E-state index is 0.960. The third-order valence-corrected chi connectivity index (χ3v) is 3.14. The maximum Gasteiger partial charge on any atom is 0.106 e. The molecule has 0 aliphatic carbocycles. The van der Waals surface area contributed by atoms with Gasteiger partial charge < -0.3 is 0 Å². The first kappa shape index (κ1) is 8.68. The molecule has 0 aliphatic heterocycles. The second-order valence-corrected chi connectivity index (χ2v) is 4.19. The minimum Gasteiger partial charge on any atom is -0.249 e. The van der Waals surface area contributed by atoms with E-state index in [2.05, 4.69) is 11.6 Å². The van der Waals surface area contributed by atoms with Gasteiger partial charge in [-0.05, 0) is 22.9 Å². The summed E-state index contributed by atoms with van der Waals surface area (Å²) in [5.41, 5.74) is 0. The van der Waals surface area contributed by atoms with Gasteiger partial charge in [0.05, 0.1) is 0 Å². The van der Waals surface area contributed by atoms with Gasteiger partial charge >= 0.3 is 0 Å². The lowest BCUT2D eigenvalue weighted by molar-refractivity contribution is 1.14. The van der Waals surface area contributed by atoms with Crippen LogP contribution in [0.2, 0.25) is 0 Å². The smallest absolute Gasteiger partial charge is 0.106 e. The van der Waals surface area contributed by atoms with Crippen molar-refractivity contribution in [3.05, 3.63) is 37.1 Å². The summed E-state index contributed by atoms with van der Waals surface area (Å²) in [6.45, 7) is 3.64. The summed E-state index contributed by atoms with van der Waals surface area (Å²) in [4.78, 5) is 4.16.